The SMILES string of the molecule is O=Cc1ccc(Oc2ccccc2Br)c(F)c1. The first kappa shape index (κ1) is 11.8. The van der Waals surface area contributed by atoms with Crippen molar-refractivity contribution in [2.45, 2.75) is 0 Å². The van der Waals surface area contributed by atoms with Gasteiger partial charge in [-0.25, -0.2) is 4.39 Å². The van der Waals surface area contributed by atoms with Gasteiger partial charge >= 0.3 is 0 Å². The van der Waals surface area contributed by atoms with Crippen molar-refractivity contribution in [1.82, 2.24) is 0 Å². The zero-order valence-corrected chi connectivity index (χ0v) is 10.3. The van der Waals surface area contributed by atoms with Gasteiger partial charge in [-0.05, 0) is 46.3 Å². The molecule has 0 saturated carbocycles. The zero-order chi connectivity index (χ0) is 12.3. The Hall–Kier alpha value is -1.68. The maximum atomic E-state index is 13.6. The van der Waals surface area contributed by atoms with E-state index in [2.05, 4.69) is 15.9 Å². The Balaban J connectivity index is 2.31. The van der Waals surface area contributed by atoms with Crippen molar-refractivity contribution in [3.63, 3.8) is 0 Å². The molecule has 0 N–H and O–H groups in total. The van der Waals surface area contributed by atoms with Crippen LogP contribution in [0, 0.1) is 5.82 Å². The van der Waals surface area contributed by atoms with Gasteiger partial charge in [-0.2, -0.15) is 0 Å². The van der Waals surface area contributed by atoms with E-state index in [1.165, 1.54) is 12.1 Å². The van der Waals surface area contributed by atoms with Gasteiger partial charge in [-0.1, -0.05) is 12.1 Å². The number of ether oxygens (including phenoxy) is 1. The standard InChI is InChI=1S/C13H8BrFO2/c14-10-3-1-2-4-12(10)17-13-6-5-9(8-16)7-11(13)15/h1-8H. The second-order valence-corrected chi connectivity index (χ2v) is 4.19. The minimum atomic E-state index is -0.564. The number of carbonyl (C=O) groups is 1. The van der Waals surface area contributed by atoms with E-state index in [1.807, 2.05) is 6.07 Å². The molecule has 86 valence electrons. The minimum Gasteiger partial charge on any atom is -0.453 e. The highest BCUT2D eigenvalue weighted by molar-refractivity contribution is 9.10. The van der Waals surface area contributed by atoms with Gasteiger partial charge in [0.2, 0.25) is 0 Å². The Morgan fingerprint density at radius 1 is 1.12 bits per heavy atom. The summed E-state index contributed by atoms with van der Waals surface area (Å²) in [4.78, 5) is 10.5. The molecule has 0 fully saturated rings. The molecule has 0 aliphatic rings. The number of carbonyl (C=O) groups excluding carboxylic acids is 1. The van der Waals surface area contributed by atoms with Gasteiger partial charge in [0.05, 0.1) is 4.47 Å². The highest BCUT2D eigenvalue weighted by Gasteiger charge is 2.07. The first-order valence-electron chi connectivity index (χ1n) is 4.88. The summed E-state index contributed by atoms with van der Waals surface area (Å²) in [6.45, 7) is 0. The van der Waals surface area contributed by atoms with Crippen molar-refractivity contribution in [3.05, 3.63) is 58.3 Å². The Morgan fingerprint density at radius 3 is 2.53 bits per heavy atom. The van der Waals surface area contributed by atoms with E-state index in [9.17, 15) is 9.18 Å². The van der Waals surface area contributed by atoms with Crippen molar-refractivity contribution >= 4 is 22.2 Å². The number of halogens is 2. The van der Waals surface area contributed by atoms with Gasteiger partial charge in [0, 0.05) is 5.56 Å². The molecule has 0 aliphatic carbocycles. The molecule has 0 bridgehead atoms. The van der Waals surface area contributed by atoms with Crippen LogP contribution < -0.4 is 4.74 Å². The molecule has 0 amide bonds. The summed E-state index contributed by atoms with van der Waals surface area (Å²) in [7, 11) is 0. The number of para-hydroxylation sites is 1. The van der Waals surface area contributed by atoms with Gasteiger partial charge in [0.15, 0.2) is 11.6 Å². The maximum Gasteiger partial charge on any atom is 0.166 e. The highest BCUT2D eigenvalue weighted by atomic mass is 79.9. The van der Waals surface area contributed by atoms with Crippen LogP contribution in [0.3, 0.4) is 0 Å². The van der Waals surface area contributed by atoms with Crippen LogP contribution in [-0.2, 0) is 0 Å². The Bertz CT molecular complexity index is 555. The molecule has 2 nitrogen and oxygen atoms in total. The van der Waals surface area contributed by atoms with Gasteiger partial charge < -0.3 is 4.74 Å². The predicted octanol–water partition coefficient (Wildman–Crippen LogP) is 4.19. The van der Waals surface area contributed by atoms with E-state index < -0.39 is 5.82 Å². The van der Waals surface area contributed by atoms with Crippen LogP contribution in [0.15, 0.2) is 46.9 Å². The molecule has 2 rings (SSSR count). The Labute approximate surface area is 106 Å². The molecule has 0 unspecified atom stereocenters. The highest BCUT2D eigenvalue weighted by Crippen LogP contribution is 2.30. The lowest BCUT2D eigenvalue weighted by Crippen LogP contribution is -1.91. The number of aldehydes is 1. The summed E-state index contributed by atoms with van der Waals surface area (Å²) in [6, 6.07) is 11.2. The molecule has 0 heterocycles. The van der Waals surface area contributed by atoms with E-state index in [0.29, 0.717) is 12.0 Å². The lowest BCUT2D eigenvalue weighted by Gasteiger charge is -2.08. The van der Waals surface area contributed by atoms with Gasteiger partial charge in [0.25, 0.3) is 0 Å². The molecular formula is C13H8BrFO2. The number of hydrogen-bond acceptors (Lipinski definition) is 2. The van der Waals surface area contributed by atoms with Crippen LogP contribution in [0.4, 0.5) is 4.39 Å². The minimum absolute atomic E-state index is 0.0856. The van der Waals surface area contributed by atoms with Gasteiger partial charge in [0.1, 0.15) is 12.0 Å². The van der Waals surface area contributed by atoms with Crippen molar-refractivity contribution in [1.29, 1.82) is 0 Å². The van der Waals surface area contributed by atoms with Gasteiger partial charge in [-0.15, -0.1) is 0 Å². The summed E-state index contributed by atoms with van der Waals surface area (Å²) in [5.41, 5.74) is 0.280. The Kier molecular flexibility index (Phi) is 3.54. The Morgan fingerprint density at radius 2 is 1.88 bits per heavy atom. The largest absolute Gasteiger partial charge is 0.453 e. The van der Waals surface area contributed by atoms with E-state index >= 15 is 0 Å². The maximum absolute atomic E-state index is 13.6. The van der Waals surface area contributed by atoms with E-state index in [1.54, 1.807) is 18.2 Å². The lowest BCUT2D eigenvalue weighted by molar-refractivity contribution is 0.112. The number of hydrogen-bond donors (Lipinski definition) is 0. The average molecular weight is 295 g/mol. The van der Waals surface area contributed by atoms with Crippen molar-refractivity contribution in [3.8, 4) is 11.5 Å². The first-order chi connectivity index (χ1) is 8.20. The average Bonchev–Trinajstić information content (AvgIpc) is 2.34. The fourth-order valence-corrected chi connectivity index (χ4v) is 1.68. The fourth-order valence-electron chi connectivity index (χ4n) is 1.32. The summed E-state index contributed by atoms with van der Waals surface area (Å²) >= 11 is 3.30. The van der Waals surface area contributed by atoms with E-state index in [4.69, 9.17) is 4.74 Å². The summed E-state index contributed by atoms with van der Waals surface area (Å²) in [5.74, 6) is 0.0399. The number of rotatable bonds is 3. The second kappa shape index (κ2) is 5.10. The van der Waals surface area contributed by atoms with Crippen LogP contribution in [0.1, 0.15) is 10.4 Å². The predicted molar refractivity (Wildman–Crippen MR) is 66.0 cm³/mol. The van der Waals surface area contributed by atoms with Crippen LogP contribution in [-0.4, -0.2) is 6.29 Å². The monoisotopic (exact) mass is 294 g/mol. The molecular weight excluding hydrogens is 287 g/mol. The molecule has 0 saturated heterocycles. The van der Waals surface area contributed by atoms with Gasteiger partial charge in [-0.3, -0.25) is 4.79 Å². The summed E-state index contributed by atoms with van der Waals surface area (Å²) in [6.07, 6.45) is 0.589. The molecule has 0 atom stereocenters. The van der Waals surface area contributed by atoms with E-state index in [0.717, 1.165) is 10.5 Å². The fraction of sp³-hybridized carbons (Fsp3) is 0. The van der Waals surface area contributed by atoms with Crippen molar-refractivity contribution in [2.24, 2.45) is 0 Å². The molecule has 0 aromatic heterocycles. The smallest absolute Gasteiger partial charge is 0.166 e. The second-order valence-electron chi connectivity index (χ2n) is 3.34. The zero-order valence-electron chi connectivity index (χ0n) is 8.69. The van der Waals surface area contributed by atoms with Crippen LogP contribution in [0.5, 0.6) is 11.5 Å². The normalized spacial score (nSPS) is 10.0. The van der Waals surface area contributed by atoms with Crippen molar-refractivity contribution < 1.29 is 13.9 Å². The number of benzene rings is 2. The molecule has 0 aliphatic heterocycles. The summed E-state index contributed by atoms with van der Waals surface area (Å²) < 4.78 is 19.7. The third-order valence-electron chi connectivity index (χ3n) is 2.15. The van der Waals surface area contributed by atoms with Crippen LogP contribution in [0.2, 0.25) is 0 Å². The molecule has 2 aromatic carbocycles. The molecule has 0 spiro atoms. The molecule has 2 aromatic rings. The van der Waals surface area contributed by atoms with Crippen molar-refractivity contribution in [2.75, 3.05) is 0 Å². The molecule has 17 heavy (non-hydrogen) atoms. The topological polar surface area (TPSA) is 26.3 Å². The molecule has 0 radical (unpaired) electrons. The van der Waals surface area contributed by atoms with E-state index in [-0.39, 0.29) is 11.3 Å². The summed E-state index contributed by atoms with van der Waals surface area (Å²) in [5, 5.41) is 0. The third kappa shape index (κ3) is 2.71. The third-order valence-corrected chi connectivity index (χ3v) is 2.80. The first-order valence-corrected chi connectivity index (χ1v) is 5.67. The van der Waals surface area contributed by atoms with Crippen LogP contribution in [0.25, 0.3) is 0 Å². The quantitative estimate of drug-likeness (QED) is 0.793. The lowest BCUT2D eigenvalue weighted by atomic mass is 10.2. The van der Waals surface area contributed by atoms with Crippen LogP contribution >= 0.6 is 15.9 Å². The molecule has 4 heteroatoms.